The van der Waals surface area contributed by atoms with Gasteiger partial charge < -0.3 is 4.74 Å². The van der Waals surface area contributed by atoms with Crippen molar-refractivity contribution in [3.05, 3.63) is 35.9 Å². The molecule has 1 rings (SSSR count). The second kappa shape index (κ2) is 5.06. The van der Waals surface area contributed by atoms with Gasteiger partial charge in [0, 0.05) is 0 Å². The van der Waals surface area contributed by atoms with Gasteiger partial charge in [-0.15, -0.1) is 0 Å². The molecule has 1 unspecified atom stereocenters. The van der Waals surface area contributed by atoms with Crippen LogP contribution in [0.5, 0.6) is 0 Å². The van der Waals surface area contributed by atoms with E-state index >= 15 is 0 Å². The Morgan fingerprint density at radius 1 is 1.27 bits per heavy atom. The highest BCUT2D eigenvalue weighted by Crippen LogP contribution is 2.32. The first-order valence-electron chi connectivity index (χ1n) is 4.24. The molecule has 1 atom stereocenters. The highest BCUT2D eigenvalue weighted by molar-refractivity contribution is 6.68. The van der Waals surface area contributed by atoms with Crippen molar-refractivity contribution in [2.75, 3.05) is 0 Å². The molecule has 0 spiro atoms. The average Bonchev–Trinajstić information content (AvgIpc) is 2.17. The van der Waals surface area contributed by atoms with Crippen molar-refractivity contribution < 1.29 is 9.53 Å². The SMILES string of the molecule is CC(OC(=O)c1ccccc1)C(Cl)(Cl)Cl. The molecule has 2 nitrogen and oxygen atoms in total. The van der Waals surface area contributed by atoms with Gasteiger partial charge >= 0.3 is 5.97 Å². The Morgan fingerprint density at radius 2 is 1.80 bits per heavy atom. The largest absolute Gasteiger partial charge is 0.455 e. The van der Waals surface area contributed by atoms with Gasteiger partial charge in [-0.1, -0.05) is 53.0 Å². The lowest BCUT2D eigenvalue weighted by Gasteiger charge is -2.20. The molecule has 0 aliphatic heterocycles. The lowest BCUT2D eigenvalue weighted by molar-refractivity contribution is 0.0349. The summed E-state index contributed by atoms with van der Waals surface area (Å²) in [4.78, 5) is 11.5. The number of hydrogen-bond donors (Lipinski definition) is 0. The van der Waals surface area contributed by atoms with E-state index in [1.54, 1.807) is 30.3 Å². The number of hydrogen-bond acceptors (Lipinski definition) is 2. The van der Waals surface area contributed by atoms with Crippen LogP contribution in [-0.2, 0) is 4.74 Å². The highest BCUT2D eigenvalue weighted by Gasteiger charge is 2.32. The molecule has 0 aliphatic rings. The van der Waals surface area contributed by atoms with E-state index in [4.69, 9.17) is 39.5 Å². The van der Waals surface area contributed by atoms with Crippen LogP contribution in [0.25, 0.3) is 0 Å². The Bertz CT molecular complexity index is 332. The molecule has 1 aromatic rings. The van der Waals surface area contributed by atoms with E-state index in [1.807, 2.05) is 0 Å². The number of alkyl halides is 3. The third-order valence-corrected chi connectivity index (χ3v) is 2.68. The third kappa shape index (κ3) is 3.90. The molecular formula is C10H9Cl3O2. The molecule has 0 aromatic heterocycles. The zero-order valence-electron chi connectivity index (χ0n) is 7.91. The predicted molar refractivity (Wildman–Crippen MR) is 61.6 cm³/mol. The van der Waals surface area contributed by atoms with Crippen LogP contribution in [0.2, 0.25) is 0 Å². The fourth-order valence-electron chi connectivity index (χ4n) is 0.870. The first kappa shape index (κ1) is 12.6. The van der Waals surface area contributed by atoms with Crippen molar-refractivity contribution >= 4 is 40.8 Å². The molecule has 0 saturated heterocycles. The maximum Gasteiger partial charge on any atom is 0.338 e. The Hall–Kier alpha value is -0.440. The lowest BCUT2D eigenvalue weighted by Crippen LogP contribution is -2.28. The summed E-state index contributed by atoms with van der Waals surface area (Å²) in [5, 5.41) is 0. The molecule has 0 saturated carbocycles. The van der Waals surface area contributed by atoms with Gasteiger partial charge in [-0.2, -0.15) is 0 Å². The van der Waals surface area contributed by atoms with Crippen LogP contribution in [0.15, 0.2) is 30.3 Å². The summed E-state index contributed by atoms with van der Waals surface area (Å²) in [5.74, 6) is -0.505. The summed E-state index contributed by atoms with van der Waals surface area (Å²) in [6.45, 7) is 1.52. The Balaban J connectivity index is 2.65. The summed E-state index contributed by atoms with van der Waals surface area (Å²) in [6.07, 6.45) is -0.796. The number of benzene rings is 1. The van der Waals surface area contributed by atoms with Crippen LogP contribution in [0, 0.1) is 0 Å². The maximum atomic E-state index is 11.5. The summed E-state index contributed by atoms with van der Waals surface area (Å²) >= 11 is 16.7. The van der Waals surface area contributed by atoms with Gasteiger partial charge in [-0.05, 0) is 19.1 Å². The minimum Gasteiger partial charge on any atom is -0.455 e. The third-order valence-electron chi connectivity index (χ3n) is 1.75. The number of ether oxygens (including phenoxy) is 1. The van der Waals surface area contributed by atoms with Gasteiger partial charge in [0.05, 0.1) is 5.56 Å². The monoisotopic (exact) mass is 266 g/mol. The van der Waals surface area contributed by atoms with E-state index in [-0.39, 0.29) is 0 Å². The molecule has 0 bridgehead atoms. The maximum absolute atomic E-state index is 11.5. The standard InChI is InChI=1S/C10H9Cl3O2/c1-7(10(11,12)13)15-9(14)8-5-3-2-4-6-8/h2-7H,1H3. The summed E-state index contributed by atoms with van der Waals surface area (Å²) < 4.78 is 3.36. The van der Waals surface area contributed by atoms with E-state index in [1.165, 1.54) is 6.92 Å². The molecule has 0 amide bonds. The molecule has 0 heterocycles. The number of esters is 1. The Morgan fingerprint density at radius 3 is 2.27 bits per heavy atom. The predicted octanol–water partition coefficient (Wildman–Crippen LogP) is 3.60. The molecule has 0 N–H and O–H groups in total. The van der Waals surface area contributed by atoms with Gasteiger partial charge in [0.25, 0.3) is 0 Å². The molecule has 82 valence electrons. The van der Waals surface area contributed by atoms with Gasteiger partial charge in [-0.3, -0.25) is 0 Å². The van der Waals surface area contributed by atoms with E-state index in [2.05, 4.69) is 0 Å². The molecule has 1 aromatic carbocycles. The van der Waals surface area contributed by atoms with Crippen molar-refractivity contribution in [1.82, 2.24) is 0 Å². The van der Waals surface area contributed by atoms with Crippen LogP contribution in [0.4, 0.5) is 0 Å². The second-order valence-corrected chi connectivity index (χ2v) is 5.32. The van der Waals surface area contributed by atoms with E-state index in [0.29, 0.717) is 5.56 Å². The van der Waals surface area contributed by atoms with Crippen LogP contribution in [0.1, 0.15) is 17.3 Å². The Labute approximate surface area is 103 Å². The lowest BCUT2D eigenvalue weighted by atomic mass is 10.2. The highest BCUT2D eigenvalue weighted by atomic mass is 35.6. The summed E-state index contributed by atoms with van der Waals surface area (Å²) in [6, 6.07) is 8.53. The minimum absolute atomic E-state index is 0.429. The van der Waals surface area contributed by atoms with Crippen LogP contribution < -0.4 is 0 Å². The van der Waals surface area contributed by atoms with Crippen molar-refractivity contribution in [2.45, 2.75) is 16.8 Å². The van der Waals surface area contributed by atoms with Crippen LogP contribution in [0.3, 0.4) is 0 Å². The van der Waals surface area contributed by atoms with Gasteiger partial charge in [0.15, 0.2) is 0 Å². The molecule has 0 radical (unpaired) electrons. The van der Waals surface area contributed by atoms with Crippen molar-refractivity contribution in [3.8, 4) is 0 Å². The van der Waals surface area contributed by atoms with E-state index in [9.17, 15) is 4.79 Å². The molecule has 5 heteroatoms. The molecule has 0 fully saturated rings. The van der Waals surface area contributed by atoms with Crippen molar-refractivity contribution in [1.29, 1.82) is 0 Å². The molecule has 0 aliphatic carbocycles. The zero-order valence-corrected chi connectivity index (χ0v) is 10.2. The quantitative estimate of drug-likeness (QED) is 0.604. The summed E-state index contributed by atoms with van der Waals surface area (Å²) in [5.41, 5.74) is 0.429. The average molecular weight is 268 g/mol. The Kier molecular flexibility index (Phi) is 4.26. The van der Waals surface area contributed by atoms with E-state index in [0.717, 1.165) is 0 Å². The number of rotatable bonds is 2. The van der Waals surface area contributed by atoms with Gasteiger partial charge in [0.1, 0.15) is 6.10 Å². The fourth-order valence-corrected chi connectivity index (χ4v) is 1.00. The first-order chi connectivity index (χ1) is 6.91. The normalized spacial score (nSPS) is 13.3. The zero-order chi connectivity index (χ0) is 11.5. The van der Waals surface area contributed by atoms with Crippen LogP contribution in [-0.4, -0.2) is 15.9 Å². The van der Waals surface area contributed by atoms with E-state index < -0.39 is 15.9 Å². The van der Waals surface area contributed by atoms with Crippen LogP contribution >= 0.6 is 34.8 Å². The molecule has 15 heavy (non-hydrogen) atoms. The number of carbonyl (C=O) groups is 1. The van der Waals surface area contributed by atoms with Crippen molar-refractivity contribution in [2.24, 2.45) is 0 Å². The van der Waals surface area contributed by atoms with Crippen molar-refractivity contribution in [3.63, 3.8) is 0 Å². The first-order valence-corrected chi connectivity index (χ1v) is 5.37. The topological polar surface area (TPSA) is 26.3 Å². The number of carbonyl (C=O) groups excluding carboxylic acids is 1. The number of halogens is 3. The van der Waals surface area contributed by atoms with Gasteiger partial charge in [-0.25, -0.2) is 4.79 Å². The van der Waals surface area contributed by atoms with Gasteiger partial charge in [0.2, 0.25) is 3.79 Å². The smallest absolute Gasteiger partial charge is 0.338 e. The molecular weight excluding hydrogens is 258 g/mol. The fraction of sp³-hybridized carbons (Fsp3) is 0.300. The second-order valence-electron chi connectivity index (χ2n) is 2.96. The summed E-state index contributed by atoms with van der Waals surface area (Å²) in [7, 11) is 0. The minimum atomic E-state index is -1.61.